The SMILES string of the molecule is CC(C)(C)OC(=O)/C=C/c1ccc2cc(OCCCCCCCCO)ccc2c1. The summed E-state index contributed by atoms with van der Waals surface area (Å²) >= 11 is 0. The first kappa shape index (κ1) is 23.0. The summed E-state index contributed by atoms with van der Waals surface area (Å²) in [4.78, 5) is 11.8. The summed E-state index contributed by atoms with van der Waals surface area (Å²) in [6.07, 6.45) is 9.84. The average Bonchev–Trinajstić information content (AvgIpc) is 2.67. The Morgan fingerprint density at radius 2 is 1.59 bits per heavy atom. The van der Waals surface area contributed by atoms with Crippen molar-refractivity contribution in [1.29, 1.82) is 0 Å². The Morgan fingerprint density at radius 3 is 2.31 bits per heavy atom. The van der Waals surface area contributed by atoms with E-state index in [2.05, 4.69) is 6.07 Å². The number of fused-ring (bicyclic) bond motifs is 1. The number of aliphatic hydroxyl groups is 1. The van der Waals surface area contributed by atoms with Gasteiger partial charge in [-0.3, -0.25) is 0 Å². The maximum absolute atomic E-state index is 11.8. The zero-order valence-corrected chi connectivity index (χ0v) is 17.9. The number of ether oxygens (including phenoxy) is 2. The lowest BCUT2D eigenvalue weighted by molar-refractivity contribution is -0.148. The second-order valence-corrected chi connectivity index (χ2v) is 8.33. The molecule has 1 N–H and O–H groups in total. The van der Waals surface area contributed by atoms with Crippen LogP contribution in [-0.4, -0.2) is 29.9 Å². The van der Waals surface area contributed by atoms with E-state index < -0.39 is 5.60 Å². The van der Waals surface area contributed by atoms with Crippen LogP contribution in [0.1, 0.15) is 64.9 Å². The van der Waals surface area contributed by atoms with Gasteiger partial charge in [0.15, 0.2) is 0 Å². The molecule has 0 amide bonds. The van der Waals surface area contributed by atoms with E-state index in [1.807, 2.05) is 51.1 Å². The summed E-state index contributed by atoms with van der Waals surface area (Å²) in [5.74, 6) is 0.546. The van der Waals surface area contributed by atoms with Crippen molar-refractivity contribution in [2.24, 2.45) is 0 Å². The second kappa shape index (κ2) is 11.6. The van der Waals surface area contributed by atoms with Crippen molar-refractivity contribution in [3.63, 3.8) is 0 Å². The van der Waals surface area contributed by atoms with Crippen molar-refractivity contribution in [2.75, 3.05) is 13.2 Å². The Hall–Kier alpha value is -2.33. The molecule has 0 aliphatic rings. The van der Waals surface area contributed by atoms with Gasteiger partial charge in [-0.05, 0) is 74.2 Å². The molecule has 0 aromatic heterocycles. The Morgan fingerprint density at radius 1 is 0.931 bits per heavy atom. The number of esters is 1. The average molecular weight is 399 g/mol. The van der Waals surface area contributed by atoms with Gasteiger partial charge in [0, 0.05) is 12.7 Å². The molecule has 0 saturated carbocycles. The molecule has 4 heteroatoms. The Balaban J connectivity index is 1.83. The third kappa shape index (κ3) is 9.14. The number of rotatable bonds is 11. The van der Waals surface area contributed by atoms with Crippen molar-refractivity contribution >= 4 is 22.8 Å². The highest BCUT2D eigenvalue weighted by molar-refractivity contribution is 5.90. The lowest BCUT2D eigenvalue weighted by Crippen LogP contribution is -2.22. The predicted octanol–water partition coefficient (Wildman–Crippen LogP) is 5.91. The first-order chi connectivity index (χ1) is 13.9. The fourth-order valence-electron chi connectivity index (χ4n) is 3.05. The molecule has 0 atom stereocenters. The van der Waals surface area contributed by atoms with Crippen molar-refractivity contribution < 1.29 is 19.4 Å². The van der Waals surface area contributed by atoms with Gasteiger partial charge >= 0.3 is 5.97 Å². The zero-order valence-electron chi connectivity index (χ0n) is 17.9. The van der Waals surface area contributed by atoms with Gasteiger partial charge in [0.2, 0.25) is 0 Å². The molecule has 0 aliphatic carbocycles. The largest absolute Gasteiger partial charge is 0.494 e. The van der Waals surface area contributed by atoms with Crippen molar-refractivity contribution in [1.82, 2.24) is 0 Å². The fourth-order valence-corrected chi connectivity index (χ4v) is 3.05. The van der Waals surface area contributed by atoms with Crippen LogP contribution in [0.5, 0.6) is 5.75 Å². The Labute approximate surface area is 174 Å². The smallest absolute Gasteiger partial charge is 0.331 e. The minimum Gasteiger partial charge on any atom is -0.494 e. The van der Waals surface area contributed by atoms with Crippen LogP contribution in [0, 0.1) is 0 Å². The molecule has 29 heavy (non-hydrogen) atoms. The van der Waals surface area contributed by atoms with Crippen LogP contribution in [0.4, 0.5) is 0 Å². The van der Waals surface area contributed by atoms with Gasteiger partial charge in [0.05, 0.1) is 6.61 Å². The van der Waals surface area contributed by atoms with Crippen molar-refractivity contribution in [2.45, 2.75) is 64.9 Å². The van der Waals surface area contributed by atoms with Crippen molar-refractivity contribution in [3.8, 4) is 5.75 Å². The Bertz CT molecular complexity index is 802. The first-order valence-corrected chi connectivity index (χ1v) is 10.6. The monoisotopic (exact) mass is 398 g/mol. The summed E-state index contributed by atoms with van der Waals surface area (Å²) in [7, 11) is 0. The van der Waals surface area contributed by atoms with Gasteiger partial charge in [-0.2, -0.15) is 0 Å². The highest BCUT2D eigenvalue weighted by Crippen LogP contribution is 2.23. The topological polar surface area (TPSA) is 55.8 Å². The minimum absolute atomic E-state index is 0.298. The maximum Gasteiger partial charge on any atom is 0.331 e. The molecule has 0 radical (unpaired) electrons. The molecule has 0 saturated heterocycles. The van der Waals surface area contributed by atoms with Crippen LogP contribution in [0.2, 0.25) is 0 Å². The lowest BCUT2D eigenvalue weighted by Gasteiger charge is -2.17. The van der Waals surface area contributed by atoms with Gasteiger partial charge in [0.25, 0.3) is 0 Å². The second-order valence-electron chi connectivity index (χ2n) is 8.33. The zero-order chi connectivity index (χ0) is 21.1. The molecule has 0 bridgehead atoms. The summed E-state index contributed by atoms with van der Waals surface area (Å²) < 4.78 is 11.2. The van der Waals surface area contributed by atoms with E-state index in [9.17, 15) is 4.79 Å². The number of hydrogen-bond donors (Lipinski definition) is 1. The van der Waals surface area contributed by atoms with Gasteiger partial charge in [-0.15, -0.1) is 0 Å². The Kier molecular flexibility index (Phi) is 9.20. The van der Waals surface area contributed by atoms with Crippen LogP contribution >= 0.6 is 0 Å². The van der Waals surface area contributed by atoms with Gasteiger partial charge in [0.1, 0.15) is 11.4 Å². The van der Waals surface area contributed by atoms with E-state index in [1.165, 1.54) is 18.9 Å². The fraction of sp³-hybridized carbons (Fsp3) is 0.480. The number of carbonyl (C=O) groups excluding carboxylic acids is 1. The molecular weight excluding hydrogens is 364 g/mol. The molecule has 0 fully saturated rings. The van der Waals surface area contributed by atoms with Crippen LogP contribution < -0.4 is 4.74 Å². The lowest BCUT2D eigenvalue weighted by atomic mass is 10.1. The molecule has 0 spiro atoms. The quantitative estimate of drug-likeness (QED) is 0.291. The number of carbonyl (C=O) groups is 1. The van der Waals surface area contributed by atoms with E-state index in [1.54, 1.807) is 6.08 Å². The minimum atomic E-state index is -0.485. The number of unbranched alkanes of at least 4 members (excludes halogenated alkanes) is 5. The van der Waals surface area contributed by atoms with Crippen molar-refractivity contribution in [3.05, 3.63) is 48.0 Å². The molecule has 158 valence electrons. The van der Waals surface area contributed by atoms with Gasteiger partial charge in [-0.1, -0.05) is 43.9 Å². The molecular formula is C25H34O4. The summed E-state index contributed by atoms with van der Waals surface area (Å²) in [6.45, 7) is 6.59. The van der Waals surface area contributed by atoms with E-state index in [0.717, 1.165) is 54.4 Å². The van der Waals surface area contributed by atoms with Crippen LogP contribution in [-0.2, 0) is 9.53 Å². The first-order valence-electron chi connectivity index (χ1n) is 10.6. The van der Waals surface area contributed by atoms with E-state index in [0.29, 0.717) is 6.61 Å². The molecule has 0 heterocycles. The van der Waals surface area contributed by atoms with E-state index in [4.69, 9.17) is 14.6 Å². The van der Waals surface area contributed by atoms with Gasteiger partial charge < -0.3 is 14.6 Å². The molecule has 4 nitrogen and oxygen atoms in total. The predicted molar refractivity (Wildman–Crippen MR) is 119 cm³/mol. The molecule has 2 aromatic carbocycles. The highest BCUT2D eigenvalue weighted by atomic mass is 16.6. The van der Waals surface area contributed by atoms with Crippen LogP contribution in [0.25, 0.3) is 16.8 Å². The maximum atomic E-state index is 11.8. The molecule has 2 rings (SSSR count). The summed E-state index contributed by atoms with van der Waals surface area (Å²) in [5.41, 5.74) is 0.472. The van der Waals surface area contributed by atoms with Crippen LogP contribution in [0.3, 0.4) is 0 Å². The third-order valence-electron chi connectivity index (χ3n) is 4.48. The molecule has 0 aliphatic heterocycles. The van der Waals surface area contributed by atoms with E-state index >= 15 is 0 Å². The number of hydrogen-bond acceptors (Lipinski definition) is 4. The number of aliphatic hydroxyl groups excluding tert-OH is 1. The third-order valence-corrected chi connectivity index (χ3v) is 4.48. The molecule has 0 unspecified atom stereocenters. The van der Waals surface area contributed by atoms with Gasteiger partial charge in [-0.25, -0.2) is 4.79 Å². The standard InChI is InChI=1S/C25H34O4/c1-25(2,3)29-24(27)15-11-20-10-12-22-19-23(14-13-21(22)18-20)28-17-9-7-5-4-6-8-16-26/h10-15,18-19,26H,4-9,16-17H2,1-3H3/b15-11+. The molecule has 2 aromatic rings. The number of benzene rings is 2. The summed E-state index contributed by atoms with van der Waals surface area (Å²) in [6, 6.07) is 12.2. The summed E-state index contributed by atoms with van der Waals surface area (Å²) in [5, 5.41) is 11.0. The highest BCUT2D eigenvalue weighted by Gasteiger charge is 2.13. The van der Waals surface area contributed by atoms with E-state index in [-0.39, 0.29) is 5.97 Å². The van der Waals surface area contributed by atoms with Crippen LogP contribution in [0.15, 0.2) is 42.5 Å². The normalized spacial score (nSPS) is 11.9.